The molecule has 1 heterocycles. The predicted molar refractivity (Wildman–Crippen MR) is 37.5 cm³/mol. The number of rotatable bonds is 1. The lowest BCUT2D eigenvalue weighted by Crippen LogP contribution is -2.21. The van der Waals surface area contributed by atoms with Crippen LogP contribution in [0.25, 0.3) is 0 Å². The SMILES string of the molecule is C/C=C(/C)N1CCOC1=O. The standard InChI is InChI=1S/C7H11NO2/c1-3-6(2)8-4-5-10-7(8)9/h3H,4-5H2,1-2H3/b6-3-. The number of carbonyl (C=O) groups excluding carboxylic acids is 1. The first-order valence-corrected chi connectivity index (χ1v) is 3.33. The Labute approximate surface area is 60.3 Å². The van der Waals surface area contributed by atoms with Gasteiger partial charge in [-0.15, -0.1) is 0 Å². The van der Waals surface area contributed by atoms with Gasteiger partial charge in [-0.05, 0) is 13.8 Å². The van der Waals surface area contributed by atoms with E-state index in [0.717, 1.165) is 5.70 Å². The van der Waals surface area contributed by atoms with Crippen LogP contribution in [-0.2, 0) is 4.74 Å². The van der Waals surface area contributed by atoms with Gasteiger partial charge in [-0.3, -0.25) is 4.90 Å². The molecule has 1 aliphatic rings. The zero-order valence-electron chi connectivity index (χ0n) is 6.26. The fraction of sp³-hybridized carbons (Fsp3) is 0.571. The number of ether oxygens (including phenoxy) is 1. The molecule has 1 fully saturated rings. The minimum atomic E-state index is -0.226. The number of cyclic esters (lactones) is 1. The molecule has 0 aliphatic carbocycles. The fourth-order valence-corrected chi connectivity index (χ4v) is 0.870. The number of carbonyl (C=O) groups is 1. The van der Waals surface area contributed by atoms with Crippen molar-refractivity contribution in [1.29, 1.82) is 0 Å². The zero-order valence-corrected chi connectivity index (χ0v) is 6.26. The molecule has 0 radical (unpaired) electrons. The van der Waals surface area contributed by atoms with Gasteiger partial charge in [0.15, 0.2) is 0 Å². The number of hydrogen-bond donors (Lipinski definition) is 0. The first-order valence-electron chi connectivity index (χ1n) is 3.33. The molecule has 0 aromatic heterocycles. The van der Waals surface area contributed by atoms with Crippen molar-refractivity contribution in [3.8, 4) is 0 Å². The van der Waals surface area contributed by atoms with Gasteiger partial charge in [-0.2, -0.15) is 0 Å². The minimum absolute atomic E-state index is 0.226. The van der Waals surface area contributed by atoms with Gasteiger partial charge in [0.05, 0.1) is 6.54 Å². The Hall–Kier alpha value is -0.990. The van der Waals surface area contributed by atoms with Crippen molar-refractivity contribution in [3.63, 3.8) is 0 Å². The predicted octanol–water partition coefficient (Wildman–Crippen LogP) is 1.36. The van der Waals surface area contributed by atoms with Crippen LogP contribution in [0.1, 0.15) is 13.8 Å². The number of allylic oxidation sites excluding steroid dienone is 2. The molecule has 0 aromatic carbocycles. The molecule has 1 aliphatic heterocycles. The second kappa shape index (κ2) is 2.73. The van der Waals surface area contributed by atoms with E-state index in [0.29, 0.717) is 13.2 Å². The minimum Gasteiger partial charge on any atom is -0.447 e. The van der Waals surface area contributed by atoms with E-state index in [2.05, 4.69) is 0 Å². The third-order valence-electron chi connectivity index (χ3n) is 1.60. The molecular formula is C7H11NO2. The van der Waals surface area contributed by atoms with Gasteiger partial charge in [0, 0.05) is 5.70 Å². The smallest absolute Gasteiger partial charge is 0.414 e. The van der Waals surface area contributed by atoms with Gasteiger partial charge in [0.1, 0.15) is 6.61 Å². The van der Waals surface area contributed by atoms with Gasteiger partial charge >= 0.3 is 6.09 Å². The molecule has 0 spiro atoms. The summed E-state index contributed by atoms with van der Waals surface area (Å²) in [6.45, 7) is 5.01. The number of nitrogens with zero attached hydrogens (tertiary/aromatic N) is 1. The maximum Gasteiger partial charge on any atom is 0.414 e. The topological polar surface area (TPSA) is 29.5 Å². The second-order valence-corrected chi connectivity index (χ2v) is 2.20. The second-order valence-electron chi connectivity index (χ2n) is 2.20. The van der Waals surface area contributed by atoms with Gasteiger partial charge in [0.2, 0.25) is 0 Å². The van der Waals surface area contributed by atoms with Crippen molar-refractivity contribution >= 4 is 6.09 Å². The summed E-state index contributed by atoms with van der Waals surface area (Å²) < 4.78 is 4.73. The van der Waals surface area contributed by atoms with E-state index >= 15 is 0 Å². The van der Waals surface area contributed by atoms with Crippen LogP contribution in [-0.4, -0.2) is 24.1 Å². The zero-order chi connectivity index (χ0) is 7.56. The van der Waals surface area contributed by atoms with E-state index in [-0.39, 0.29) is 6.09 Å². The van der Waals surface area contributed by atoms with Crippen molar-refractivity contribution in [2.24, 2.45) is 0 Å². The monoisotopic (exact) mass is 141 g/mol. The maximum absolute atomic E-state index is 10.8. The van der Waals surface area contributed by atoms with E-state index in [9.17, 15) is 4.79 Å². The molecule has 0 aromatic rings. The molecule has 56 valence electrons. The molecule has 10 heavy (non-hydrogen) atoms. The van der Waals surface area contributed by atoms with E-state index in [1.54, 1.807) is 4.90 Å². The molecule has 0 saturated carbocycles. The molecular weight excluding hydrogens is 130 g/mol. The van der Waals surface area contributed by atoms with Crippen LogP contribution in [0.15, 0.2) is 11.8 Å². The van der Waals surface area contributed by atoms with Crippen LogP contribution in [0, 0.1) is 0 Å². The van der Waals surface area contributed by atoms with E-state index in [4.69, 9.17) is 4.74 Å². The molecule has 1 amide bonds. The molecule has 3 heteroatoms. The normalized spacial score (nSPS) is 19.6. The fourth-order valence-electron chi connectivity index (χ4n) is 0.870. The Balaban J connectivity index is 2.64. The van der Waals surface area contributed by atoms with Gasteiger partial charge < -0.3 is 4.74 Å². The molecule has 0 bridgehead atoms. The van der Waals surface area contributed by atoms with Crippen molar-refractivity contribution in [3.05, 3.63) is 11.8 Å². The summed E-state index contributed by atoms with van der Waals surface area (Å²) in [6.07, 6.45) is 1.67. The van der Waals surface area contributed by atoms with E-state index < -0.39 is 0 Å². The van der Waals surface area contributed by atoms with Gasteiger partial charge in [-0.1, -0.05) is 6.08 Å². The summed E-state index contributed by atoms with van der Waals surface area (Å²) >= 11 is 0. The summed E-state index contributed by atoms with van der Waals surface area (Å²) in [6, 6.07) is 0. The Kier molecular flexibility index (Phi) is 1.94. The van der Waals surface area contributed by atoms with Crippen LogP contribution >= 0.6 is 0 Å². The van der Waals surface area contributed by atoms with Crippen molar-refractivity contribution < 1.29 is 9.53 Å². The van der Waals surface area contributed by atoms with E-state index in [1.165, 1.54) is 0 Å². The van der Waals surface area contributed by atoms with Gasteiger partial charge in [-0.25, -0.2) is 4.79 Å². The highest BCUT2D eigenvalue weighted by Crippen LogP contribution is 2.10. The van der Waals surface area contributed by atoms with Crippen LogP contribution < -0.4 is 0 Å². The summed E-state index contributed by atoms with van der Waals surface area (Å²) in [7, 11) is 0. The third-order valence-corrected chi connectivity index (χ3v) is 1.60. The molecule has 3 nitrogen and oxygen atoms in total. The van der Waals surface area contributed by atoms with Crippen LogP contribution in [0.4, 0.5) is 4.79 Å². The summed E-state index contributed by atoms with van der Waals surface area (Å²) in [4.78, 5) is 12.5. The van der Waals surface area contributed by atoms with Gasteiger partial charge in [0.25, 0.3) is 0 Å². The Morgan fingerprint density at radius 2 is 2.50 bits per heavy atom. The highest BCUT2D eigenvalue weighted by Gasteiger charge is 2.22. The first-order chi connectivity index (χ1) is 4.75. The average Bonchev–Trinajstić information content (AvgIpc) is 2.34. The number of hydrogen-bond acceptors (Lipinski definition) is 2. The van der Waals surface area contributed by atoms with Crippen molar-refractivity contribution in [2.45, 2.75) is 13.8 Å². The summed E-state index contributed by atoms with van der Waals surface area (Å²) in [5.74, 6) is 0. The lowest BCUT2D eigenvalue weighted by Gasteiger charge is -2.11. The van der Waals surface area contributed by atoms with Crippen molar-refractivity contribution in [1.82, 2.24) is 4.90 Å². The Morgan fingerprint density at radius 1 is 1.80 bits per heavy atom. The van der Waals surface area contributed by atoms with Crippen LogP contribution in [0.2, 0.25) is 0 Å². The average molecular weight is 141 g/mol. The molecule has 0 unspecified atom stereocenters. The lowest BCUT2D eigenvalue weighted by molar-refractivity contribution is 0.164. The molecule has 0 N–H and O–H groups in total. The Bertz CT molecular complexity index is 174. The lowest BCUT2D eigenvalue weighted by atomic mass is 10.4. The molecule has 1 rings (SSSR count). The summed E-state index contributed by atoms with van der Waals surface area (Å²) in [5, 5.41) is 0. The largest absolute Gasteiger partial charge is 0.447 e. The quantitative estimate of drug-likeness (QED) is 0.551. The number of amides is 1. The van der Waals surface area contributed by atoms with Crippen LogP contribution in [0.3, 0.4) is 0 Å². The third kappa shape index (κ3) is 1.12. The summed E-state index contributed by atoms with van der Waals surface area (Å²) in [5.41, 5.74) is 0.961. The van der Waals surface area contributed by atoms with Crippen molar-refractivity contribution in [2.75, 3.05) is 13.2 Å². The van der Waals surface area contributed by atoms with Crippen LogP contribution in [0.5, 0.6) is 0 Å². The first kappa shape index (κ1) is 7.12. The maximum atomic E-state index is 10.8. The highest BCUT2D eigenvalue weighted by atomic mass is 16.6. The molecule has 0 atom stereocenters. The molecule has 1 saturated heterocycles. The highest BCUT2D eigenvalue weighted by molar-refractivity contribution is 5.71. The Morgan fingerprint density at radius 3 is 2.90 bits per heavy atom. The van der Waals surface area contributed by atoms with E-state index in [1.807, 2.05) is 19.9 Å².